The van der Waals surface area contributed by atoms with Gasteiger partial charge in [0.1, 0.15) is 5.82 Å². The lowest BCUT2D eigenvalue weighted by Gasteiger charge is -2.07. The van der Waals surface area contributed by atoms with Crippen LogP contribution in [-0.4, -0.2) is 33.3 Å². The number of rotatable bonds is 5. The van der Waals surface area contributed by atoms with E-state index < -0.39 is 0 Å². The molecule has 6 nitrogen and oxygen atoms in total. The molecule has 3 aromatic rings. The van der Waals surface area contributed by atoms with Gasteiger partial charge in [-0.15, -0.1) is 0 Å². The van der Waals surface area contributed by atoms with E-state index in [4.69, 9.17) is 17.0 Å². The van der Waals surface area contributed by atoms with Gasteiger partial charge in [0.25, 0.3) is 0 Å². The van der Waals surface area contributed by atoms with E-state index in [2.05, 4.69) is 31.2 Å². The SMILES string of the molecule is COc1cc(Br)cc(/C=N\n2c(Cc3ccc(F)cc3)n[nH]c2=S)c1O. The highest BCUT2D eigenvalue weighted by molar-refractivity contribution is 9.10. The van der Waals surface area contributed by atoms with E-state index in [0.29, 0.717) is 28.3 Å². The standard InChI is InChI=1S/C17H14BrFN4O2S/c1-25-14-8-12(18)7-11(16(14)24)9-20-23-15(21-22-17(23)26)6-10-2-4-13(19)5-3-10/h2-5,7-9,24H,6H2,1H3,(H,22,26)/b20-9-. The lowest BCUT2D eigenvalue weighted by atomic mass is 10.1. The number of aromatic amines is 1. The Hall–Kier alpha value is -2.52. The van der Waals surface area contributed by atoms with Crippen LogP contribution < -0.4 is 4.74 Å². The van der Waals surface area contributed by atoms with E-state index in [9.17, 15) is 9.50 Å². The second kappa shape index (κ2) is 7.79. The van der Waals surface area contributed by atoms with Crippen molar-refractivity contribution in [3.8, 4) is 11.5 Å². The molecule has 0 unspecified atom stereocenters. The van der Waals surface area contributed by atoms with Crippen LogP contribution in [0.2, 0.25) is 0 Å². The van der Waals surface area contributed by atoms with Crippen molar-refractivity contribution in [2.75, 3.05) is 7.11 Å². The Morgan fingerprint density at radius 2 is 2.12 bits per heavy atom. The summed E-state index contributed by atoms with van der Waals surface area (Å²) in [5, 5.41) is 21.4. The molecule has 0 aliphatic carbocycles. The number of aromatic nitrogens is 3. The van der Waals surface area contributed by atoms with Gasteiger partial charge >= 0.3 is 0 Å². The Bertz CT molecular complexity index is 1010. The molecule has 0 atom stereocenters. The average Bonchev–Trinajstić information content (AvgIpc) is 2.97. The molecule has 1 aromatic heterocycles. The predicted octanol–water partition coefficient (Wildman–Crippen LogP) is 4.03. The number of phenolic OH excluding ortho intramolecular Hbond substituents is 1. The third kappa shape index (κ3) is 4.00. The quantitative estimate of drug-likeness (QED) is 0.467. The average molecular weight is 437 g/mol. The van der Waals surface area contributed by atoms with E-state index in [0.717, 1.165) is 10.0 Å². The van der Waals surface area contributed by atoms with Crippen LogP contribution in [-0.2, 0) is 6.42 Å². The summed E-state index contributed by atoms with van der Waals surface area (Å²) in [4.78, 5) is 0. The third-order valence-electron chi connectivity index (χ3n) is 3.59. The summed E-state index contributed by atoms with van der Waals surface area (Å²) in [5.41, 5.74) is 1.32. The second-order valence-electron chi connectivity index (χ2n) is 5.35. The largest absolute Gasteiger partial charge is 0.504 e. The van der Waals surface area contributed by atoms with E-state index in [1.165, 1.54) is 30.1 Å². The van der Waals surface area contributed by atoms with E-state index >= 15 is 0 Å². The van der Waals surface area contributed by atoms with Gasteiger partial charge in [0.15, 0.2) is 17.3 Å². The van der Waals surface area contributed by atoms with Crippen LogP contribution >= 0.6 is 28.1 Å². The Labute approximate surface area is 162 Å². The van der Waals surface area contributed by atoms with Gasteiger partial charge in [0.05, 0.1) is 13.3 Å². The minimum absolute atomic E-state index is 0.0328. The minimum Gasteiger partial charge on any atom is -0.504 e. The van der Waals surface area contributed by atoms with Crippen LogP contribution in [0.1, 0.15) is 17.0 Å². The number of ether oxygens (including phenoxy) is 1. The van der Waals surface area contributed by atoms with Gasteiger partial charge in [-0.2, -0.15) is 14.9 Å². The maximum absolute atomic E-state index is 13.0. The number of hydrogen-bond donors (Lipinski definition) is 2. The van der Waals surface area contributed by atoms with Crippen molar-refractivity contribution in [2.45, 2.75) is 6.42 Å². The Morgan fingerprint density at radius 1 is 1.38 bits per heavy atom. The molecule has 26 heavy (non-hydrogen) atoms. The lowest BCUT2D eigenvalue weighted by molar-refractivity contribution is 0.373. The minimum atomic E-state index is -0.301. The van der Waals surface area contributed by atoms with Crippen molar-refractivity contribution in [2.24, 2.45) is 5.10 Å². The lowest BCUT2D eigenvalue weighted by Crippen LogP contribution is -2.01. The molecule has 0 aliphatic rings. The molecule has 134 valence electrons. The summed E-state index contributed by atoms with van der Waals surface area (Å²) in [6.07, 6.45) is 1.88. The smallest absolute Gasteiger partial charge is 0.216 e. The predicted molar refractivity (Wildman–Crippen MR) is 102 cm³/mol. The number of nitrogens with zero attached hydrogens (tertiary/aromatic N) is 3. The first-order valence-electron chi connectivity index (χ1n) is 7.49. The molecule has 0 amide bonds. The maximum Gasteiger partial charge on any atom is 0.216 e. The fourth-order valence-corrected chi connectivity index (χ4v) is 2.96. The number of H-pyrrole nitrogens is 1. The number of methoxy groups -OCH3 is 1. The van der Waals surface area contributed by atoms with E-state index in [-0.39, 0.29) is 11.6 Å². The van der Waals surface area contributed by atoms with Crippen LogP contribution in [0.5, 0.6) is 11.5 Å². The Morgan fingerprint density at radius 3 is 2.81 bits per heavy atom. The van der Waals surface area contributed by atoms with Crippen LogP contribution in [0.15, 0.2) is 46.0 Å². The molecule has 0 saturated heterocycles. The molecule has 2 N–H and O–H groups in total. The third-order valence-corrected chi connectivity index (χ3v) is 4.32. The Balaban J connectivity index is 1.92. The molecule has 9 heteroatoms. The number of benzene rings is 2. The fraction of sp³-hybridized carbons (Fsp3) is 0.118. The van der Waals surface area contributed by atoms with Crippen molar-refractivity contribution in [1.29, 1.82) is 0 Å². The Kier molecular flexibility index (Phi) is 5.48. The molecule has 3 rings (SSSR count). The summed E-state index contributed by atoms with van der Waals surface area (Å²) < 4.78 is 20.7. The summed E-state index contributed by atoms with van der Waals surface area (Å²) in [5.74, 6) is 0.543. The number of nitrogens with one attached hydrogen (secondary N) is 1. The first-order valence-corrected chi connectivity index (χ1v) is 8.69. The molecule has 0 spiro atoms. The first kappa shape index (κ1) is 18.3. The molecule has 0 bridgehead atoms. The van der Waals surface area contributed by atoms with Crippen LogP contribution in [0.4, 0.5) is 4.39 Å². The van der Waals surface area contributed by atoms with Gasteiger partial charge in [0.2, 0.25) is 4.77 Å². The molecule has 0 aliphatic heterocycles. The van der Waals surface area contributed by atoms with Crippen molar-refractivity contribution in [1.82, 2.24) is 14.9 Å². The fourth-order valence-electron chi connectivity index (χ4n) is 2.31. The van der Waals surface area contributed by atoms with Gasteiger partial charge in [-0.3, -0.25) is 5.10 Å². The zero-order chi connectivity index (χ0) is 18.7. The van der Waals surface area contributed by atoms with E-state index in [1.807, 2.05) is 0 Å². The molecule has 0 fully saturated rings. The van der Waals surface area contributed by atoms with Crippen LogP contribution in [0, 0.1) is 10.6 Å². The maximum atomic E-state index is 13.0. The van der Waals surface area contributed by atoms with E-state index in [1.54, 1.807) is 24.3 Å². The molecule has 2 aromatic carbocycles. The molecule has 1 heterocycles. The molecule has 0 saturated carbocycles. The first-order chi connectivity index (χ1) is 12.5. The van der Waals surface area contributed by atoms with Crippen molar-refractivity contribution in [3.63, 3.8) is 0 Å². The van der Waals surface area contributed by atoms with Crippen LogP contribution in [0.25, 0.3) is 0 Å². The number of halogens is 2. The van der Waals surface area contributed by atoms with Crippen molar-refractivity contribution in [3.05, 3.63) is 68.4 Å². The molecular weight excluding hydrogens is 423 g/mol. The summed E-state index contributed by atoms with van der Waals surface area (Å²) in [6, 6.07) is 9.46. The van der Waals surface area contributed by atoms with Gasteiger partial charge in [-0.25, -0.2) is 4.39 Å². The van der Waals surface area contributed by atoms with Crippen LogP contribution in [0.3, 0.4) is 0 Å². The highest BCUT2D eigenvalue weighted by Crippen LogP contribution is 2.32. The number of hydrogen-bond acceptors (Lipinski definition) is 5. The summed E-state index contributed by atoms with van der Waals surface area (Å²) in [7, 11) is 1.47. The molecular formula is C17H14BrFN4O2S. The van der Waals surface area contributed by atoms with Gasteiger partial charge in [0, 0.05) is 16.5 Å². The number of aromatic hydroxyl groups is 1. The summed E-state index contributed by atoms with van der Waals surface area (Å²) in [6.45, 7) is 0. The highest BCUT2D eigenvalue weighted by atomic mass is 79.9. The second-order valence-corrected chi connectivity index (χ2v) is 6.65. The van der Waals surface area contributed by atoms with Gasteiger partial charge in [-0.05, 0) is 42.0 Å². The zero-order valence-electron chi connectivity index (χ0n) is 13.6. The van der Waals surface area contributed by atoms with Gasteiger partial charge in [-0.1, -0.05) is 28.1 Å². The number of phenols is 1. The zero-order valence-corrected chi connectivity index (χ0v) is 16.0. The summed E-state index contributed by atoms with van der Waals surface area (Å²) >= 11 is 8.56. The normalized spacial score (nSPS) is 11.2. The van der Waals surface area contributed by atoms with Crippen molar-refractivity contribution >= 4 is 34.4 Å². The molecule has 0 radical (unpaired) electrons. The highest BCUT2D eigenvalue weighted by Gasteiger charge is 2.10. The monoisotopic (exact) mass is 436 g/mol. The topological polar surface area (TPSA) is 75.4 Å². The van der Waals surface area contributed by atoms with Gasteiger partial charge < -0.3 is 9.84 Å². The van der Waals surface area contributed by atoms with Crippen molar-refractivity contribution < 1.29 is 14.2 Å².